The summed E-state index contributed by atoms with van der Waals surface area (Å²) in [6.45, 7) is 10.4. The molecule has 4 aliphatic carbocycles. The zero-order valence-electron chi connectivity index (χ0n) is 29.3. The van der Waals surface area contributed by atoms with E-state index in [2.05, 4.69) is 60.3 Å². The summed E-state index contributed by atoms with van der Waals surface area (Å²) in [6.07, 6.45) is 9.99. The highest BCUT2D eigenvalue weighted by Gasteiger charge is 2.62. The van der Waals surface area contributed by atoms with Gasteiger partial charge in [-0.15, -0.1) is 0 Å². The van der Waals surface area contributed by atoms with Crippen LogP contribution in [0.5, 0.6) is 5.75 Å². The molecule has 0 N–H and O–H groups in total. The second kappa shape index (κ2) is 14.1. The van der Waals surface area contributed by atoms with Gasteiger partial charge in [-0.05, 0) is 114 Å². The number of ketones is 1. The van der Waals surface area contributed by atoms with Crippen LogP contribution in [-0.4, -0.2) is 43.4 Å². The second-order valence-corrected chi connectivity index (χ2v) is 15.5. The number of nitrogens with zero attached hydrogens (tertiary/aromatic N) is 3. The van der Waals surface area contributed by atoms with Crippen LogP contribution < -0.4 is 4.74 Å². The van der Waals surface area contributed by atoms with Crippen molar-refractivity contribution in [3.8, 4) is 5.75 Å². The number of carbonyl (C=O) groups is 1. The summed E-state index contributed by atoms with van der Waals surface area (Å²) in [7, 11) is 1.63. The van der Waals surface area contributed by atoms with Crippen LogP contribution in [0.2, 0.25) is 0 Å². The number of fused-ring (bicyclic) bond motifs is 5. The Balaban J connectivity index is 0.991. The Labute approximate surface area is 290 Å². The standard InChI is InChI=1S/C41H51N3O5/c1-26-36-22-37-35(15-12-30-20-33(16-18-40(30,37)3)48-24-28-8-6-5-7-9-28)34(36)17-19-41(26)27(2)39(43-44-42)38(49-41)21-31(45)25-47-23-29-10-13-32(46-4)14-11-29/h5-14,27,33-39H,1,15-25H2,2-4H3/t27-,33+,34+,35+,36+,37+,38-,39+,40+,41+/m1/s1. The molecule has 0 aromatic heterocycles. The van der Waals surface area contributed by atoms with E-state index < -0.39 is 17.7 Å². The van der Waals surface area contributed by atoms with Crippen LogP contribution >= 0.6 is 0 Å². The van der Waals surface area contributed by atoms with Crippen LogP contribution in [-0.2, 0) is 32.2 Å². The molecule has 0 bridgehead atoms. The van der Waals surface area contributed by atoms with Crippen LogP contribution in [0.25, 0.3) is 10.4 Å². The average molecular weight is 666 g/mol. The van der Waals surface area contributed by atoms with Gasteiger partial charge in [-0.3, -0.25) is 4.79 Å². The van der Waals surface area contributed by atoms with Crippen molar-refractivity contribution in [3.05, 3.63) is 100.0 Å². The summed E-state index contributed by atoms with van der Waals surface area (Å²) < 4.78 is 24.4. The fourth-order valence-corrected chi connectivity index (χ4v) is 10.5. The Hall–Kier alpha value is -3.42. The van der Waals surface area contributed by atoms with Gasteiger partial charge in [-0.25, -0.2) is 0 Å². The number of hydrogen-bond acceptors (Lipinski definition) is 6. The van der Waals surface area contributed by atoms with E-state index in [1.165, 1.54) is 11.1 Å². The predicted octanol–water partition coefficient (Wildman–Crippen LogP) is 8.95. The van der Waals surface area contributed by atoms with E-state index in [4.69, 9.17) is 25.5 Å². The van der Waals surface area contributed by atoms with Crippen LogP contribution in [0, 0.1) is 35.0 Å². The van der Waals surface area contributed by atoms with Gasteiger partial charge in [0, 0.05) is 11.3 Å². The maximum Gasteiger partial charge on any atom is 0.161 e. The molecule has 1 saturated heterocycles. The Bertz CT molecular complexity index is 1600. The topological polar surface area (TPSA) is 103 Å². The van der Waals surface area contributed by atoms with Gasteiger partial charge in [0.1, 0.15) is 12.4 Å². The number of azide groups is 1. The molecular weight excluding hydrogens is 614 g/mol. The fraction of sp³-hybridized carbons (Fsp3) is 0.585. The van der Waals surface area contributed by atoms with Crippen LogP contribution in [0.4, 0.5) is 0 Å². The maximum absolute atomic E-state index is 13.2. The quantitative estimate of drug-likeness (QED) is 0.103. The number of ether oxygens (including phenoxy) is 4. The highest BCUT2D eigenvalue weighted by molar-refractivity contribution is 5.80. The highest BCUT2D eigenvalue weighted by atomic mass is 16.5. The number of rotatable bonds is 11. The molecule has 3 saturated carbocycles. The summed E-state index contributed by atoms with van der Waals surface area (Å²) in [5, 5.41) is 4.22. The molecule has 1 spiro atoms. The Morgan fingerprint density at radius 1 is 1.06 bits per heavy atom. The van der Waals surface area contributed by atoms with Gasteiger partial charge in [0.15, 0.2) is 5.78 Å². The van der Waals surface area contributed by atoms with Crippen molar-refractivity contribution in [1.82, 2.24) is 0 Å². The molecule has 0 amide bonds. The molecule has 4 fully saturated rings. The largest absolute Gasteiger partial charge is 0.497 e. The average Bonchev–Trinajstić information content (AvgIpc) is 3.63. The molecular formula is C41H51N3O5. The van der Waals surface area contributed by atoms with Gasteiger partial charge in [-0.2, -0.15) is 0 Å². The smallest absolute Gasteiger partial charge is 0.161 e. The first kappa shape index (κ1) is 34.0. The van der Waals surface area contributed by atoms with Gasteiger partial charge in [0.2, 0.25) is 0 Å². The molecule has 49 heavy (non-hydrogen) atoms. The number of allylic oxidation sites excluding steroid dienone is 1. The van der Waals surface area contributed by atoms with E-state index in [0.29, 0.717) is 36.9 Å². The van der Waals surface area contributed by atoms with Crippen LogP contribution in [0.15, 0.2) is 83.5 Å². The van der Waals surface area contributed by atoms with Crippen molar-refractivity contribution < 1.29 is 23.7 Å². The second-order valence-electron chi connectivity index (χ2n) is 15.5. The number of carbonyl (C=O) groups excluding carboxylic acids is 1. The number of benzene rings is 2. The van der Waals surface area contributed by atoms with Gasteiger partial charge in [0.25, 0.3) is 0 Å². The molecule has 7 rings (SSSR count). The number of hydrogen-bond donors (Lipinski definition) is 0. The van der Waals surface area contributed by atoms with Crippen molar-refractivity contribution in [2.75, 3.05) is 13.7 Å². The first-order valence-electron chi connectivity index (χ1n) is 18.2. The van der Waals surface area contributed by atoms with E-state index in [-0.39, 0.29) is 36.2 Å². The summed E-state index contributed by atoms with van der Waals surface area (Å²) >= 11 is 0. The van der Waals surface area contributed by atoms with Gasteiger partial charge in [0.05, 0.1) is 44.2 Å². The first-order valence-corrected chi connectivity index (χ1v) is 18.2. The van der Waals surface area contributed by atoms with Crippen LogP contribution in [0.3, 0.4) is 0 Å². The van der Waals surface area contributed by atoms with Crippen LogP contribution in [0.1, 0.15) is 76.3 Å². The lowest BCUT2D eigenvalue weighted by Gasteiger charge is -2.50. The van der Waals surface area contributed by atoms with E-state index in [9.17, 15) is 10.3 Å². The third kappa shape index (κ3) is 6.38. The third-order valence-electron chi connectivity index (χ3n) is 13.2. The van der Waals surface area contributed by atoms with Crippen molar-refractivity contribution in [3.63, 3.8) is 0 Å². The zero-order valence-corrected chi connectivity index (χ0v) is 29.3. The van der Waals surface area contributed by atoms with Crippen molar-refractivity contribution in [2.24, 2.45) is 40.1 Å². The minimum Gasteiger partial charge on any atom is -0.497 e. The molecule has 2 aromatic rings. The van der Waals surface area contributed by atoms with Gasteiger partial charge in [-0.1, -0.05) is 79.7 Å². The lowest BCUT2D eigenvalue weighted by Crippen LogP contribution is -2.46. The SMILES string of the molecule is C=C1[C@@H]2C[C@H]3[C@@H](CC=C4C[C@@H](OCc5ccccc5)CC[C@@]43C)[C@@H]2CC[C@]12O[C@H](CC(=O)COCc1ccc(OC)cc1)[C@@H](N=[N+]=[N-])[C@H]2C. The van der Waals surface area contributed by atoms with E-state index in [1.54, 1.807) is 12.7 Å². The molecule has 10 atom stereocenters. The maximum atomic E-state index is 13.2. The lowest BCUT2D eigenvalue weighted by atomic mass is 9.56. The van der Waals surface area contributed by atoms with E-state index in [1.807, 2.05) is 24.3 Å². The summed E-state index contributed by atoms with van der Waals surface area (Å²) in [4.78, 5) is 16.4. The molecule has 0 radical (unpaired) electrons. The molecule has 8 nitrogen and oxygen atoms in total. The minimum atomic E-state index is -0.581. The third-order valence-corrected chi connectivity index (χ3v) is 13.2. The highest BCUT2D eigenvalue weighted by Crippen LogP contribution is 2.66. The Morgan fingerprint density at radius 2 is 1.84 bits per heavy atom. The van der Waals surface area contributed by atoms with Gasteiger partial charge < -0.3 is 18.9 Å². The van der Waals surface area contributed by atoms with E-state index >= 15 is 0 Å². The molecule has 0 unspecified atom stereocenters. The summed E-state index contributed by atoms with van der Waals surface area (Å²) in [6, 6.07) is 17.7. The molecule has 5 aliphatic rings. The zero-order chi connectivity index (χ0) is 34.2. The van der Waals surface area contributed by atoms with Crippen molar-refractivity contribution in [1.29, 1.82) is 0 Å². The fourth-order valence-electron chi connectivity index (χ4n) is 10.5. The molecule has 1 heterocycles. The first-order chi connectivity index (χ1) is 23.8. The number of methoxy groups -OCH3 is 1. The van der Waals surface area contributed by atoms with Crippen molar-refractivity contribution >= 4 is 5.78 Å². The summed E-state index contributed by atoms with van der Waals surface area (Å²) in [5.41, 5.74) is 14.1. The van der Waals surface area contributed by atoms with Gasteiger partial charge >= 0.3 is 0 Å². The normalized spacial score (nSPS) is 36.3. The van der Waals surface area contributed by atoms with E-state index in [0.717, 1.165) is 56.3 Å². The summed E-state index contributed by atoms with van der Waals surface area (Å²) in [5.74, 6) is 2.90. The predicted molar refractivity (Wildman–Crippen MR) is 189 cm³/mol. The lowest BCUT2D eigenvalue weighted by molar-refractivity contribution is -0.128. The minimum absolute atomic E-state index is 0.0165. The Kier molecular flexibility index (Phi) is 9.77. The van der Waals surface area contributed by atoms with Crippen molar-refractivity contribution in [2.45, 2.75) is 102 Å². The Morgan fingerprint density at radius 3 is 2.59 bits per heavy atom. The molecule has 2 aromatic carbocycles. The number of Topliss-reactive ketones (excluding diaryl/α,β-unsaturated/α-hetero) is 1. The molecule has 260 valence electrons. The molecule has 1 aliphatic heterocycles. The molecule has 8 heteroatoms. The monoisotopic (exact) mass is 665 g/mol.